The molecule has 116 valence electrons. The molecule has 0 saturated carbocycles. The normalized spacial score (nSPS) is 18.6. The molecule has 1 fully saturated rings. The zero-order valence-electron chi connectivity index (χ0n) is 11.7. The molecule has 1 aliphatic heterocycles. The Morgan fingerprint density at radius 3 is 3.05 bits per heavy atom. The summed E-state index contributed by atoms with van der Waals surface area (Å²) in [6, 6.07) is 4.49. The smallest absolute Gasteiger partial charge is 0.328 e. The molecule has 0 aliphatic carbocycles. The van der Waals surface area contributed by atoms with Crippen molar-refractivity contribution in [2.24, 2.45) is 0 Å². The first-order chi connectivity index (χ1) is 10.6. The fraction of sp³-hybridized carbons (Fsp3) is 0.333. The summed E-state index contributed by atoms with van der Waals surface area (Å²) in [5.74, 6) is -1.26. The standard InChI is InChI=1S/C15H15ClN2O4/c16-10-1-2-11-9(7-17-12(11)6-10)5-14(19)18-3-4-22-8-13(18)15(20)21/h1-2,6-7,13,17H,3-5,8H2,(H,20,21)/t13-/m1/s1. The Morgan fingerprint density at radius 1 is 1.45 bits per heavy atom. The monoisotopic (exact) mass is 322 g/mol. The van der Waals surface area contributed by atoms with Crippen LogP contribution in [0.4, 0.5) is 0 Å². The Labute approximate surface area is 131 Å². The lowest BCUT2D eigenvalue weighted by atomic mass is 10.1. The summed E-state index contributed by atoms with van der Waals surface area (Å²) in [5.41, 5.74) is 1.68. The number of morpholine rings is 1. The van der Waals surface area contributed by atoms with Crippen molar-refractivity contribution in [3.63, 3.8) is 0 Å². The van der Waals surface area contributed by atoms with Crippen LogP contribution in [0.2, 0.25) is 5.02 Å². The van der Waals surface area contributed by atoms with E-state index in [4.69, 9.17) is 16.3 Å². The van der Waals surface area contributed by atoms with Gasteiger partial charge in [-0.3, -0.25) is 4.79 Å². The zero-order chi connectivity index (χ0) is 15.7. The van der Waals surface area contributed by atoms with Gasteiger partial charge in [-0.15, -0.1) is 0 Å². The lowest BCUT2D eigenvalue weighted by Gasteiger charge is -2.32. The number of benzene rings is 1. The van der Waals surface area contributed by atoms with Gasteiger partial charge in [0.1, 0.15) is 0 Å². The second kappa shape index (κ2) is 5.98. The largest absolute Gasteiger partial charge is 0.480 e. The minimum Gasteiger partial charge on any atom is -0.480 e. The van der Waals surface area contributed by atoms with Gasteiger partial charge in [0.05, 0.1) is 19.6 Å². The van der Waals surface area contributed by atoms with E-state index in [0.717, 1.165) is 16.5 Å². The topological polar surface area (TPSA) is 82.6 Å². The molecule has 2 heterocycles. The van der Waals surface area contributed by atoms with E-state index in [1.54, 1.807) is 18.3 Å². The number of H-pyrrole nitrogens is 1. The third kappa shape index (κ3) is 2.80. The summed E-state index contributed by atoms with van der Waals surface area (Å²) in [6.07, 6.45) is 1.90. The van der Waals surface area contributed by atoms with Gasteiger partial charge in [0.25, 0.3) is 0 Å². The SMILES string of the molecule is O=C(O)[C@H]1COCCN1C(=O)Cc1c[nH]c2cc(Cl)ccc12. The number of fused-ring (bicyclic) bond motifs is 1. The molecular weight excluding hydrogens is 308 g/mol. The summed E-state index contributed by atoms with van der Waals surface area (Å²) in [4.78, 5) is 28.1. The molecule has 0 unspecified atom stereocenters. The quantitative estimate of drug-likeness (QED) is 0.900. The first kappa shape index (κ1) is 14.9. The zero-order valence-corrected chi connectivity index (χ0v) is 12.5. The van der Waals surface area contributed by atoms with Crippen molar-refractivity contribution in [2.75, 3.05) is 19.8 Å². The predicted molar refractivity (Wildman–Crippen MR) is 81.0 cm³/mol. The van der Waals surface area contributed by atoms with Crippen LogP contribution in [0.15, 0.2) is 24.4 Å². The van der Waals surface area contributed by atoms with Crippen molar-refractivity contribution in [3.05, 3.63) is 35.0 Å². The summed E-state index contributed by atoms with van der Waals surface area (Å²) >= 11 is 5.94. The number of halogens is 1. The lowest BCUT2D eigenvalue weighted by Crippen LogP contribution is -2.53. The number of aromatic amines is 1. The minimum atomic E-state index is -1.04. The molecule has 2 aromatic rings. The molecule has 1 amide bonds. The van der Waals surface area contributed by atoms with Crippen molar-refractivity contribution in [2.45, 2.75) is 12.5 Å². The molecule has 0 spiro atoms. The number of carbonyl (C=O) groups is 2. The van der Waals surface area contributed by atoms with E-state index < -0.39 is 12.0 Å². The van der Waals surface area contributed by atoms with Crippen LogP contribution >= 0.6 is 11.6 Å². The van der Waals surface area contributed by atoms with E-state index in [1.165, 1.54) is 4.90 Å². The van der Waals surface area contributed by atoms with Crippen molar-refractivity contribution in [1.29, 1.82) is 0 Å². The van der Waals surface area contributed by atoms with Gasteiger partial charge in [-0.1, -0.05) is 17.7 Å². The van der Waals surface area contributed by atoms with Gasteiger partial charge >= 0.3 is 5.97 Å². The van der Waals surface area contributed by atoms with E-state index in [0.29, 0.717) is 18.2 Å². The maximum Gasteiger partial charge on any atom is 0.328 e. The molecule has 7 heteroatoms. The van der Waals surface area contributed by atoms with Crippen molar-refractivity contribution in [1.82, 2.24) is 9.88 Å². The lowest BCUT2D eigenvalue weighted by molar-refractivity contribution is -0.157. The Kier molecular flexibility index (Phi) is 4.04. The summed E-state index contributed by atoms with van der Waals surface area (Å²) < 4.78 is 5.15. The van der Waals surface area contributed by atoms with Crippen LogP contribution in [0.1, 0.15) is 5.56 Å². The number of ether oxygens (including phenoxy) is 1. The highest BCUT2D eigenvalue weighted by Crippen LogP contribution is 2.23. The molecule has 1 saturated heterocycles. The van der Waals surface area contributed by atoms with Crippen LogP contribution in [-0.2, 0) is 20.7 Å². The third-order valence-corrected chi connectivity index (χ3v) is 4.04. The van der Waals surface area contributed by atoms with Crippen LogP contribution in [0.5, 0.6) is 0 Å². The van der Waals surface area contributed by atoms with Crippen LogP contribution < -0.4 is 0 Å². The maximum absolute atomic E-state index is 12.5. The van der Waals surface area contributed by atoms with Gasteiger partial charge in [0, 0.05) is 28.7 Å². The van der Waals surface area contributed by atoms with E-state index in [-0.39, 0.29) is 18.9 Å². The van der Waals surface area contributed by atoms with Crippen LogP contribution in [0, 0.1) is 0 Å². The Morgan fingerprint density at radius 2 is 2.27 bits per heavy atom. The molecule has 0 bridgehead atoms. The molecule has 22 heavy (non-hydrogen) atoms. The van der Waals surface area contributed by atoms with E-state index in [9.17, 15) is 14.7 Å². The second-order valence-corrected chi connectivity index (χ2v) is 5.63. The van der Waals surface area contributed by atoms with E-state index in [1.807, 2.05) is 6.07 Å². The minimum absolute atomic E-state index is 0.0323. The fourth-order valence-electron chi connectivity index (χ4n) is 2.68. The van der Waals surface area contributed by atoms with E-state index >= 15 is 0 Å². The summed E-state index contributed by atoms with van der Waals surface area (Å²) in [5, 5.41) is 10.7. The molecule has 6 nitrogen and oxygen atoms in total. The van der Waals surface area contributed by atoms with Gasteiger partial charge < -0.3 is 19.7 Å². The molecule has 1 aromatic carbocycles. The number of rotatable bonds is 3. The first-order valence-electron chi connectivity index (χ1n) is 6.92. The number of hydrogen-bond acceptors (Lipinski definition) is 3. The Balaban J connectivity index is 1.81. The number of carboxylic acids is 1. The number of carboxylic acid groups (broad SMARTS) is 1. The molecule has 1 atom stereocenters. The fourth-order valence-corrected chi connectivity index (χ4v) is 2.85. The second-order valence-electron chi connectivity index (χ2n) is 5.20. The van der Waals surface area contributed by atoms with Gasteiger partial charge in [-0.2, -0.15) is 0 Å². The average molecular weight is 323 g/mol. The molecular formula is C15H15ClN2O4. The molecule has 3 rings (SSSR count). The number of hydrogen-bond donors (Lipinski definition) is 2. The van der Waals surface area contributed by atoms with Crippen molar-refractivity contribution in [3.8, 4) is 0 Å². The molecule has 2 N–H and O–H groups in total. The maximum atomic E-state index is 12.5. The number of amides is 1. The van der Waals surface area contributed by atoms with Gasteiger partial charge in [0.2, 0.25) is 5.91 Å². The third-order valence-electron chi connectivity index (χ3n) is 3.81. The number of nitrogens with zero attached hydrogens (tertiary/aromatic N) is 1. The van der Waals surface area contributed by atoms with Crippen LogP contribution in [0.3, 0.4) is 0 Å². The molecule has 1 aliphatic rings. The molecule has 1 aromatic heterocycles. The van der Waals surface area contributed by atoms with Crippen molar-refractivity contribution >= 4 is 34.4 Å². The van der Waals surface area contributed by atoms with Gasteiger partial charge in [-0.25, -0.2) is 4.79 Å². The van der Waals surface area contributed by atoms with Gasteiger partial charge in [-0.05, 0) is 17.7 Å². The Bertz CT molecular complexity index is 727. The first-order valence-corrected chi connectivity index (χ1v) is 7.29. The predicted octanol–water partition coefficient (Wildman–Crippen LogP) is 1.68. The summed E-state index contributed by atoms with van der Waals surface area (Å²) in [7, 11) is 0. The highest BCUT2D eigenvalue weighted by Gasteiger charge is 2.32. The number of aromatic nitrogens is 1. The highest BCUT2D eigenvalue weighted by molar-refractivity contribution is 6.31. The van der Waals surface area contributed by atoms with Crippen molar-refractivity contribution < 1.29 is 19.4 Å². The number of carbonyl (C=O) groups excluding carboxylic acids is 1. The number of nitrogens with one attached hydrogen (secondary N) is 1. The molecule has 0 radical (unpaired) electrons. The van der Waals surface area contributed by atoms with Gasteiger partial charge in [0.15, 0.2) is 6.04 Å². The van der Waals surface area contributed by atoms with Crippen LogP contribution in [0.25, 0.3) is 10.9 Å². The highest BCUT2D eigenvalue weighted by atomic mass is 35.5. The van der Waals surface area contributed by atoms with E-state index in [2.05, 4.69) is 4.98 Å². The average Bonchev–Trinajstić information content (AvgIpc) is 2.89. The summed E-state index contributed by atoms with van der Waals surface area (Å²) in [6.45, 7) is 0.688. The van der Waals surface area contributed by atoms with Crippen LogP contribution in [-0.4, -0.2) is 52.7 Å². The Hall–Kier alpha value is -2.05. The number of aliphatic carboxylic acids is 1.